The molecular formula is C17H25FN2O2. The number of carbonyl (C=O) groups excluding carboxylic acids is 1. The highest BCUT2D eigenvalue weighted by Crippen LogP contribution is 2.14. The van der Waals surface area contributed by atoms with Crippen LogP contribution in [0.4, 0.5) is 4.39 Å². The first kappa shape index (κ1) is 16.9. The molecule has 22 heavy (non-hydrogen) atoms. The van der Waals surface area contributed by atoms with Crippen molar-refractivity contribution in [2.24, 2.45) is 5.92 Å². The van der Waals surface area contributed by atoms with Crippen LogP contribution < -0.4 is 0 Å². The van der Waals surface area contributed by atoms with Crippen LogP contribution in [0.5, 0.6) is 0 Å². The van der Waals surface area contributed by atoms with Crippen LogP contribution in [0.25, 0.3) is 0 Å². The first-order valence-corrected chi connectivity index (χ1v) is 7.89. The third-order valence-corrected chi connectivity index (χ3v) is 4.06. The molecule has 1 saturated heterocycles. The van der Waals surface area contributed by atoms with Crippen LogP contribution in [0.2, 0.25) is 0 Å². The highest BCUT2D eigenvalue weighted by Gasteiger charge is 2.25. The maximum absolute atomic E-state index is 13.2. The molecule has 1 aliphatic rings. The topological polar surface area (TPSA) is 43.8 Å². The largest absolute Gasteiger partial charge is 0.392 e. The number of carbonyl (C=O) groups is 1. The Morgan fingerprint density at radius 1 is 1.27 bits per heavy atom. The number of hydrogen-bond acceptors (Lipinski definition) is 3. The van der Waals surface area contributed by atoms with E-state index in [9.17, 15) is 14.3 Å². The maximum Gasteiger partial charge on any atom is 0.225 e. The van der Waals surface area contributed by atoms with Crippen molar-refractivity contribution >= 4 is 5.91 Å². The van der Waals surface area contributed by atoms with Crippen LogP contribution in [-0.4, -0.2) is 59.6 Å². The summed E-state index contributed by atoms with van der Waals surface area (Å²) < 4.78 is 13.2. The number of aliphatic hydroxyl groups is 1. The summed E-state index contributed by atoms with van der Waals surface area (Å²) >= 11 is 0. The standard InChI is InChI=1S/C17H25FN2O2/c1-13(10-15-4-3-5-16(18)11-15)17(22)20-8-6-19(7-9-20)12-14(2)21/h3-5,11,13-14,21H,6-10,12H2,1-2H3/t13-,14+/m1/s1. The van der Waals surface area contributed by atoms with Crippen molar-refractivity contribution in [2.75, 3.05) is 32.7 Å². The summed E-state index contributed by atoms with van der Waals surface area (Å²) in [4.78, 5) is 16.5. The summed E-state index contributed by atoms with van der Waals surface area (Å²) in [6.45, 7) is 7.31. The normalized spacial score (nSPS) is 19.0. The fourth-order valence-electron chi connectivity index (χ4n) is 2.94. The first-order chi connectivity index (χ1) is 10.5. The molecule has 0 unspecified atom stereocenters. The summed E-state index contributed by atoms with van der Waals surface area (Å²) in [5, 5.41) is 9.40. The second-order valence-corrected chi connectivity index (χ2v) is 6.21. The molecule has 1 aromatic rings. The summed E-state index contributed by atoms with van der Waals surface area (Å²) in [7, 11) is 0. The van der Waals surface area contributed by atoms with Crippen LogP contribution in [0.15, 0.2) is 24.3 Å². The third kappa shape index (κ3) is 4.78. The van der Waals surface area contributed by atoms with E-state index in [2.05, 4.69) is 4.90 Å². The molecule has 0 bridgehead atoms. The Labute approximate surface area is 131 Å². The molecule has 0 aliphatic carbocycles. The lowest BCUT2D eigenvalue weighted by atomic mass is 9.99. The number of aliphatic hydroxyl groups excluding tert-OH is 1. The van der Waals surface area contributed by atoms with Crippen molar-refractivity contribution in [3.05, 3.63) is 35.6 Å². The lowest BCUT2D eigenvalue weighted by Gasteiger charge is -2.36. The molecule has 1 fully saturated rings. The summed E-state index contributed by atoms with van der Waals surface area (Å²) in [6.07, 6.45) is 0.221. The zero-order valence-corrected chi connectivity index (χ0v) is 13.3. The van der Waals surface area contributed by atoms with Gasteiger partial charge >= 0.3 is 0 Å². The Bertz CT molecular complexity index is 499. The van der Waals surface area contributed by atoms with Gasteiger partial charge in [-0.25, -0.2) is 4.39 Å². The van der Waals surface area contributed by atoms with Gasteiger partial charge in [-0.1, -0.05) is 19.1 Å². The minimum absolute atomic E-state index is 0.126. The Kier molecular flexibility index (Phi) is 5.91. The molecule has 1 amide bonds. The number of benzene rings is 1. The average Bonchev–Trinajstić information content (AvgIpc) is 2.46. The van der Waals surface area contributed by atoms with Gasteiger partial charge in [0.15, 0.2) is 0 Å². The van der Waals surface area contributed by atoms with E-state index in [1.165, 1.54) is 12.1 Å². The predicted molar refractivity (Wildman–Crippen MR) is 84.0 cm³/mol. The smallest absolute Gasteiger partial charge is 0.225 e. The van der Waals surface area contributed by atoms with E-state index in [0.717, 1.165) is 18.7 Å². The van der Waals surface area contributed by atoms with Gasteiger partial charge in [-0.05, 0) is 31.0 Å². The van der Waals surface area contributed by atoms with Crippen LogP contribution in [0.3, 0.4) is 0 Å². The fourth-order valence-corrected chi connectivity index (χ4v) is 2.94. The molecule has 4 nitrogen and oxygen atoms in total. The molecule has 1 heterocycles. The van der Waals surface area contributed by atoms with E-state index in [-0.39, 0.29) is 23.7 Å². The van der Waals surface area contributed by atoms with E-state index < -0.39 is 0 Å². The number of β-amino-alcohol motifs (C(OH)–C–C–N with tert-alkyl or cyclic N) is 1. The van der Waals surface area contributed by atoms with Gasteiger partial charge in [-0.3, -0.25) is 9.69 Å². The number of nitrogens with zero attached hydrogens (tertiary/aromatic N) is 2. The van der Waals surface area contributed by atoms with Crippen LogP contribution in [0, 0.1) is 11.7 Å². The molecule has 0 spiro atoms. The van der Waals surface area contributed by atoms with Crippen molar-refractivity contribution in [3.63, 3.8) is 0 Å². The maximum atomic E-state index is 13.2. The average molecular weight is 308 g/mol. The molecule has 2 rings (SSSR count). The molecule has 5 heteroatoms. The van der Waals surface area contributed by atoms with E-state index in [1.54, 1.807) is 13.0 Å². The molecule has 1 aliphatic heterocycles. The SMILES string of the molecule is C[C@H](O)CN1CCN(C(=O)[C@H](C)Cc2cccc(F)c2)CC1. The van der Waals surface area contributed by atoms with E-state index in [4.69, 9.17) is 0 Å². The Morgan fingerprint density at radius 3 is 2.55 bits per heavy atom. The zero-order valence-electron chi connectivity index (χ0n) is 13.3. The van der Waals surface area contributed by atoms with Crippen LogP contribution in [-0.2, 0) is 11.2 Å². The lowest BCUT2D eigenvalue weighted by molar-refractivity contribution is -0.136. The van der Waals surface area contributed by atoms with Crippen molar-refractivity contribution in [1.29, 1.82) is 0 Å². The second kappa shape index (κ2) is 7.70. The molecule has 2 atom stereocenters. The first-order valence-electron chi connectivity index (χ1n) is 7.89. The van der Waals surface area contributed by atoms with E-state index >= 15 is 0 Å². The molecule has 1 aromatic carbocycles. The van der Waals surface area contributed by atoms with Crippen molar-refractivity contribution in [1.82, 2.24) is 9.80 Å². The quantitative estimate of drug-likeness (QED) is 0.897. The van der Waals surface area contributed by atoms with E-state index in [0.29, 0.717) is 26.1 Å². The fraction of sp³-hybridized carbons (Fsp3) is 0.588. The number of rotatable bonds is 5. The van der Waals surface area contributed by atoms with Gasteiger partial charge in [0.1, 0.15) is 5.82 Å². The Balaban J connectivity index is 1.84. The number of hydrogen-bond donors (Lipinski definition) is 1. The molecular weight excluding hydrogens is 283 g/mol. The van der Waals surface area contributed by atoms with Crippen molar-refractivity contribution in [2.45, 2.75) is 26.4 Å². The van der Waals surface area contributed by atoms with Gasteiger partial charge in [0, 0.05) is 38.6 Å². The zero-order chi connectivity index (χ0) is 16.1. The minimum Gasteiger partial charge on any atom is -0.392 e. The molecule has 122 valence electrons. The van der Waals surface area contributed by atoms with Gasteiger partial charge < -0.3 is 10.0 Å². The number of amides is 1. The molecule has 0 saturated carbocycles. The summed E-state index contributed by atoms with van der Waals surface area (Å²) in [5.74, 6) is -0.282. The van der Waals surface area contributed by atoms with Crippen LogP contribution in [0.1, 0.15) is 19.4 Å². The Morgan fingerprint density at radius 2 is 1.95 bits per heavy atom. The molecule has 0 aromatic heterocycles. The van der Waals surface area contributed by atoms with Gasteiger partial charge in [0.05, 0.1) is 6.10 Å². The molecule has 1 N–H and O–H groups in total. The number of halogens is 1. The van der Waals surface area contributed by atoms with Crippen molar-refractivity contribution < 1.29 is 14.3 Å². The minimum atomic E-state index is -0.339. The summed E-state index contributed by atoms with van der Waals surface area (Å²) in [6, 6.07) is 6.44. The molecule has 0 radical (unpaired) electrons. The van der Waals surface area contributed by atoms with Crippen LogP contribution >= 0.6 is 0 Å². The van der Waals surface area contributed by atoms with Gasteiger partial charge in [0.2, 0.25) is 5.91 Å². The summed E-state index contributed by atoms with van der Waals surface area (Å²) in [5.41, 5.74) is 0.855. The monoisotopic (exact) mass is 308 g/mol. The number of piperazine rings is 1. The van der Waals surface area contributed by atoms with E-state index in [1.807, 2.05) is 17.9 Å². The van der Waals surface area contributed by atoms with Crippen molar-refractivity contribution in [3.8, 4) is 0 Å². The third-order valence-electron chi connectivity index (χ3n) is 4.06. The highest BCUT2D eigenvalue weighted by atomic mass is 19.1. The van der Waals surface area contributed by atoms with Gasteiger partial charge in [-0.15, -0.1) is 0 Å². The van der Waals surface area contributed by atoms with Gasteiger partial charge in [0.25, 0.3) is 0 Å². The van der Waals surface area contributed by atoms with Gasteiger partial charge in [-0.2, -0.15) is 0 Å². The predicted octanol–water partition coefficient (Wildman–Crippen LogP) is 1.53. The highest BCUT2D eigenvalue weighted by molar-refractivity contribution is 5.79. The lowest BCUT2D eigenvalue weighted by Crippen LogP contribution is -2.51. The Hall–Kier alpha value is -1.46. The second-order valence-electron chi connectivity index (χ2n) is 6.21.